The summed E-state index contributed by atoms with van der Waals surface area (Å²) in [6.07, 6.45) is 2.13. The second-order valence-corrected chi connectivity index (χ2v) is 3.34. The fourth-order valence-electron chi connectivity index (χ4n) is 1.50. The summed E-state index contributed by atoms with van der Waals surface area (Å²) in [5, 5.41) is 20.8. The molecule has 2 rings (SSSR count). The van der Waals surface area contributed by atoms with Crippen LogP contribution in [0.2, 0.25) is 0 Å². The Hall–Kier alpha value is -1.35. The van der Waals surface area contributed by atoms with Gasteiger partial charge in [-0.05, 0) is 17.9 Å². The van der Waals surface area contributed by atoms with Gasteiger partial charge in [-0.3, -0.25) is 9.78 Å². The summed E-state index contributed by atoms with van der Waals surface area (Å²) in [6, 6.07) is 3.22. The Morgan fingerprint density at radius 2 is 2.29 bits per heavy atom. The number of pyridine rings is 2. The van der Waals surface area contributed by atoms with E-state index in [1.54, 1.807) is 12.1 Å². The number of nitriles is 1. The van der Waals surface area contributed by atoms with Gasteiger partial charge in [-0.15, -0.1) is 0 Å². The molecule has 0 unspecified atom stereocenters. The van der Waals surface area contributed by atoms with Crippen LogP contribution in [0, 0.1) is 11.3 Å². The summed E-state index contributed by atoms with van der Waals surface area (Å²) < 4.78 is 0. The van der Waals surface area contributed by atoms with Crippen molar-refractivity contribution in [2.75, 3.05) is 0 Å². The van der Waals surface area contributed by atoms with Crippen LogP contribution in [0.5, 0.6) is 5.75 Å². The van der Waals surface area contributed by atoms with Crippen LogP contribution in [0.25, 0.3) is 10.9 Å². The third kappa shape index (κ3) is 2.34. The summed E-state index contributed by atoms with van der Waals surface area (Å²) in [5.41, 5.74) is 0.0820. The van der Waals surface area contributed by atoms with E-state index in [0.717, 1.165) is 5.69 Å². The maximum absolute atomic E-state index is 11.8. The molecule has 0 saturated carbocycles. The molecule has 0 aliphatic heterocycles. The molecule has 0 radical (unpaired) electrons. The molecule has 0 aliphatic carbocycles. The number of rotatable bonds is 1. The van der Waals surface area contributed by atoms with Crippen molar-refractivity contribution in [1.29, 1.82) is 5.26 Å². The van der Waals surface area contributed by atoms with Crippen LogP contribution in [0.4, 0.5) is 0 Å². The third-order valence-electron chi connectivity index (χ3n) is 2.38. The van der Waals surface area contributed by atoms with Gasteiger partial charge in [-0.1, -0.05) is 12.7 Å². The van der Waals surface area contributed by atoms with Gasteiger partial charge in [0, 0.05) is 5.69 Å². The van der Waals surface area contributed by atoms with E-state index in [2.05, 4.69) is 9.97 Å². The molecule has 1 N–H and O–H groups in total. The SMILES string of the molecule is CCc1cc2c([O-])c(C#N)c(=O)[nH]c2cn1.[Na+]. The van der Waals surface area contributed by atoms with Crippen molar-refractivity contribution in [3.63, 3.8) is 0 Å². The van der Waals surface area contributed by atoms with E-state index in [0.29, 0.717) is 17.3 Å². The molecule has 0 amide bonds. The smallest absolute Gasteiger partial charge is 0.871 e. The van der Waals surface area contributed by atoms with E-state index < -0.39 is 11.3 Å². The molecule has 80 valence electrons. The standard InChI is InChI=1S/C11H9N3O2.Na/c1-2-6-3-7-9(5-13-6)14-11(16)8(4-12)10(7)15;/h3,5H,2H2,1H3,(H2,14,15,16);/q;+1/p-1. The summed E-state index contributed by atoms with van der Waals surface area (Å²) in [4.78, 5) is 17.9. The second kappa shape index (κ2) is 5.32. The minimum absolute atomic E-state index is 0. The zero-order valence-corrected chi connectivity index (χ0v) is 11.6. The van der Waals surface area contributed by atoms with Crippen LogP contribution in [-0.2, 0) is 6.42 Å². The predicted molar refractivity (Wildman–Crippen MR) is 55.9 cm³/mol. The third-order valence-corrected chi connectivity index (χ3v) is 2.38. The van der Waals surface area contributed by atoms with Crippen LogP contribution < -0.4 is 40.2 Å². The average molecular weight is 237 g/mol. The number of aromatic amines is 1. The molecule has 2 heterocycles. The molecule has 0 saturated heterocycles. The van der Waals surface area contributed by atoms with Crippen molar-refractivity contribution in [2.45, 2.75) is 13.3 Å². The van der Waals surface area contributed by atoms with Crippen molar-refractivity contribution in [1.82, 2.24) is 9.97 Å². The first-order valence-corrected chi connectivity index (χ1v) is 4.79. The fourth-order valence-corrected chi connectivity index (χ4v) is 1.50. The molecule has 0 bridgehead atoms. The molecule has 2 aromatic heterocycles. The molecule has 5 nitrogen and oxygen atoms in total. The van der Waals surface area contributed by atoms with Gasteiger partial charge in [-0.2, -0.15) is 5.26 Å². The van der Waals surface area contributed by atoms with Gasteiger partial charge in [0.1, 0.15) is 11.6 Å². The predicted octanol–water partition coefficient (Wildman–Crippen LogP) is -2.57. The Morgan fingerprint density at radius 3 is 2.88 bits per heavy atom. The first-order valence-electron chi connectivity index (χ1n) is 4.79. The fraction of sp³-hybridized carbons (Fsp3) is 0.182. The second-order valence-electron chi connectivity index (χ2n) is 3.34. The minimum atomic E-state index is -0.661. The Balaban J connectivity index is 0.00000144. The quantitative estimate of drug-likeness (QED) is 0.552. The molecule has 0 atom stereocenters. The van der Waals surface area contributed by atoms with Gasteiger partial charge in [0.15, 0.2) is 0 Å². The largest absolute Gasteiger partial charge is 1.00 e. The van der Waals surface area contributed by atoms with E-state index >= 15 is 0 Å². The normalized spacial score (nSPS) is 9.65. The molecular weight excluding hydrogens is 229 g/mol. The van der Waals surface area contributed by atoms with Crippen LogP contribution in [0.3, 0.4) is 0 Å². The van der Waals surface area contributed by atoms with Crippen LogP contribution >= 0.6 is 0 Å². The number of hydrogen-bond acceptors (Lipinski definition) is 4. The number of aromatic nitrogens is 2. The first kappa shape index (κ1) is 13.7. The molecule has 0 fully saturated rings. The van der Waals surface area contributed by atoms with E-state index in [4.69, 9.17) is 5.26 Å². The minimum Gasteiger partial charge on any atom is -0.871 e. The van der Waals surface area contributed by atoms with Crippen molar-refractivity contribution >= 4 is 10.9 Å². The van der Waals surface area contributed by atoms with Gasteiger partial charge in [0.05, 0.1) is 11.7 Å². The van der Waals surface area contributed by atoms with Gasteiger partial charge in [0.2, 0.25) is 0 Å². The average Bonchev–Trinajstić information content (AvgIpc) is 2.29. The number of nitrogens with one attached hydrogen (secondary N) is 1. The number of hydrogen-bond donors (Lipinski definition) is 1. The molecule has 0 aliphatic rings. The topological polar surface area (TPSA) is 92.6 Å². The summed E-state index contributed by atoms with van der Waals surface area (Å²) >= 11 is 0. The summed E-state index contributed by atoms with van der Waals surface area (Å²) in [7, 11) is 0. The van der Waals surface area contributed by atoms with Gasteiger partial charge >= 0.3 is 29.6 Å². The van der Waals surface area contributed by atoms with E-state index in [1.807, 2.05) is 6.92 Å². The van der Waals surface area contributed by atoms with Crippen molar-refractivity contribution in [3.8, 4) is 11.8 Å². The summed E-state index contributed by atoms with van der Waals surface area (Å²) in [5.74, 6) is -0.529. The van der Waals surface area contributed by atoms with Crippen molar-refractivity contribution in [2.24, 2.45) is 0 Å². The Kier molecular flexibility index (Phi) is 4.29. The molecule has 17 heavy (non-hydrogen) atoms. The number of H-pyrrole nitrogens is 1. The molecule has 0 spiro atoms. The van der Waals surface area contributed by atoms with E-state index in [9.17, 15) is 9.90 Å². The maximum Gasteiger partial charge on any atom is 1.00 e. The molecule has 2 aromatic rings. The van der Waals surface area contributed by atoms with Crippen molar-refractivity contribution < 1.29 is 34.7 Å². The number of nitrogens with zero attached hydrogens (tertiary/aromatic N) is 2. The Labute approximate surface area is 119 Å². The van der Waals surface area contributed by atoms with Crippen molar-refractivity contribution in [3.05, 3.63) is 33.9 Å². The van der Waals surface area contributed by atoms with E-state index in [1.165, 1.54) is 6.20 Å². The monoisotopic (exact) mass is 237 g/mol. The van der Waals surface area contributed by atoms with Gasteiger partial charge in [0.25, 0.3) is 5.56 Å². The Morgan fingerprint density at radius 1 is 1.59 bits per heavy atom. The zero-order chi connectivity index (χ0) is 11.7. The first-order chi connectivity index (χ1) is 7.67. The molecule has 6 heteroatoms. The van der Waals surface area contributed by atoms with Gasteiger partial charge < -0.3 is 10.1 Å². The van der Waals surface area contributed by atoms with Crippen LogP contribution in [0.1, 0.15) is 18.2 Å². The number of fused-ring (bicyclic) bond motifs is 1. The van der Waals surface area contributed by atoms with Crippen LogP contribution in [-0.4, -0.2) is 9.97 Å². The maximum atomic E-state index is 11.8. The molecule has 0 aromatic carbocycles. The van der Waals surface area contributed by atoms with Crippen LogP contribution in [0.15, 0.2) is 17.1 Å². The van der Waals surface area contributed by atoms with Gasteiger partial charge in [-0.25, -0.2) is 0 Å². The summed E-state index contributed by atoms with van der Waals surface area (Å²) in [6.45, 7) is 1.91. The zero-order valence-electron chi connectivity index (χ0n) is 9.57. The van der Waals surface area contributed by atoms with E-state index in [-0.39, 0.29) is 35.1 Å². The Bertz CT molecular complexity index is 658. The molecular formula is C11H8N3NaO2. The number of aryl methyl sites for hydroxylation is 1.